The molecule has 0 spiro atoms. The number of hydrogen-bond donors (Lipinski definition) is 0. The molecule has 0 saturated carbocycles. The van der Waals surface area contributed by atoms with Crippen molar-refractivity contribution in [2.45, 2.75) is 0 Å². The van der Waals surface area contributed by atoms with Gasteiger partial charge in [0, 0.05) is 44.0 Å². The van der Waals surface area contributed by atoms with Gasteiger partial charge >= 0.3 is 0 Å². The van der Waals surface area contributed by atoms with Crippen LogP contribution in [0.1, 0.15) is 0 Å². The number of benzene rings is 9. The smallest absolute Gasteiger partial charge is 0.0626 e. The molecule has 0 aliphatic carbocycles. The summed E-state index contributed by atoms with van der Waals surface area (Å²) >= 11 is 0. The summed E-state index contributed by atoms with van der Waals surface area (Å²) in [6, 6.07) is 79.4. The highest BCUT2D eigenvalue weighted by atomic mass is 15.1. The number of anilines is 3. The number of hydrogen-bond acceptors (Lipinski definition) is 1. The second kappa shape index (κ2) is 13.2. The van der Waals surface area contributed by atoms with E-state index >= 15 is 0 Å². The molecule has 0 aliphatic rings. The molecular weight excluding hydrogens is 677 g/mol. The predicted octanol–water partition coefficient (Wildman–Crippen LogP) is 15.0. The minimum Gasteiger partial charge on any atom is -0.310 e. The third-order valence-electron chi connectivity index (χ3n) is 11.3. The van der Waals surface area contributed by atoms with Gasteiger partial charge in [0.05, 0.1) is 22.2 Å². The Morgan fingerprint density at radius 1 is 0.321 bits per heavy atom. The SMILES string of the molecule is c1ccc(-c2cccc(N(c3ccc(-c4cccc5c6ccccc6c6c(-c7ccccc7)c7ccccc7n6c45)cc3)c3cccc4ccccc34)c2)cc1. The van der Waals surface area contributed by atoms with Crippen LogP contribution in [-0.2, 0) is 0 Å². The van der Waals surface area contributed by atoms with Crippen LogP contribution in [0.5, 0.6) is 0 Å². The maximum atomic E-state index is 2.52. The molecule has 0 saturated heterocycles. The zero-order valence-electron chi connectivity index (χ0n) is 30.7. The summed E-state index contributed by atoms with van der Waals surface area (Å²) in [6.45, 7) is 0. The Balaban J connectivity index is 1.15. The van der Waals surface area contributed by atoms with Gasteiger partial charge in [-0.15, -0.1) is 0 Å². The zero-order chi connectivity index (χ0) is 37.0. The standard InChI is InChI=1S/C54H36N2/c1-3-16-37(17-4-1)41-22-13-23-43(36-41)55(50-31-14-21-38-18-7-8-24-44(38)50)42-34-32-39(33-35-42)45-28-15-29-47-46-25-9-10-26-48(46)54-52(40-19-5-2-6-20-40)49-27-11-12-30-51(49)56(54)53(45)47/h1-36H. The molecule has 2 heteroatoms. The first-order chi connectivity index (χ1) is 27.8. The van der Waals surface area contributed by atoms with Crippen molar-refractivity contribution in [3.8, 4) is 33.4 Å². The van der Waals surface area contributed by atoms with Crippen molar-refractivity contribution in [1.29, 1.82) is 0 Å². The lowest BCUT2D eigenvalue weighted by molar-refractivity contribution is 1.30. The van der Waals surface area contributed by atoms with Gasteiger partial charge in [0.25, 0.3) is 0 Å². The Labute approximate surface area is 325 Å². The Hall–Kier alpha value is -7.42. The van der Waals surface area contributed by atoms with Crippen LogP contribution in [0.15, 0.2) is 218 Å². The van der Waals surface area contributed by atoms with E-state index < -0.39 is 0 Å². The number of nitrogens with zero attached hydrogens (tertiary/aromatic N) is 2. The normalized spacial score (nSPS) is 11.6. The van der Waals surface area contributed by atoms with Crippen LogP contribution in [0, 0.1) is 0 Å². The number of fused-ring (bicyclic) bond motifs is 9. The van der Waals surface area contributed by atoms with E-state index in [0.29, 0.717) is 0 Å². The first kappa shape index (κ1) is 32.0. The molecule has 0 atom stereocenters. The van der Waals surface area contributed by atoms with Crippen molar-refractivity contribution in [2.75, 3.05) is 4.90 Å². The van der Waals surface area contributed by atoms with Crippen LogP contribution in [-0.4, -0.2) is 4.40 Å². The summed E-state index contributed by atoms with van der Waals surface area (Å²) < 4.78 is 2.52. The van der Waals surface area contributed by atoms with Crippen LogP contribution >= 0.6 is 0 Å². The fraction of sp³-hybridized carbons (Fsp3) is 0. The van der Waals surface area contributed by atoms with Gasteiger partial charge in [-0.05, 0) is 69.4 Å². The third-order valence-corrected chi connectivity index (χ3v) is 11.3. The molecule has 11 rings (SSSR count). The number of pyridine rings is 1. The Morgan fingerprint density at radius 3 is 1.70 bits per heavy atom. The summed E-state index contributed by atoms with van der Waals surface area (Å²) in [6.07, 6.45) is 0. The van der Waals surface area contributed by atoms with E-state index in [1.807, 2.05) is 0 Å². The van der Waals surface area contributed by atoms with E-state index in [4.69, 9.17) is 0 Å². The molecule has 0 bridgehead atoms. The van der Waals surface area contributed by atoms with Crippen LogP contribution in [0.25, 0.3) is 82.2 Å². The average molecular weight is 713 g/mol. The second-order valence-corrected chi connectivity index (χ2v) is 14.5. The highest BCUT2D eigenvalue weighted by Crippen LogP contribution is 2.45. The molecule has 262 valence electrons. The molecule has 2 heterocycles. The summed E-state index contributed by atoms with van der Waals surface area (Å²) in [7, 11) is 0. The molecule has 0 aliphatic heterocycles. The Morgan fingerprint density at radius 2 is 0.893 bits per heavy atom. The van der Waals surface area contributed by atoms with Crippen molar-refractivity contribution in [3.05, 3.63) is 218 Å². The predicted molar refractivity (Wildman–Crippen MR) is 238 cm³/mol. The van der Waals surface area contributed by atoms with Gasteiger partial charge in [0.2, 0.25) is 0 Å². The molecular formula is C54H36N2. The Kier molecular flexibility index (Phi) is 7.53. The van der Waals surface area contributed by atoms with Gasteiger partial charge in [0.1, 0.15) is 0 Å². The zero-order valence-corrected chi connectivity index (χ0v) is 30.7. The minimum atomic E-state index is 1.10. The lowest BCUT2D eigenvalue weighted by Gasteiger charge is -2.27. The second-order valence-electron chi connectivity index (χ2n) is 14.5. The Bertz CT molecular complexity index is 3230. The maximum absolute atomic E-state index is 2.52. The molecule has 2 nitrogen and oxygen atoms in total. The fourth-order valence-corrected chi connectivity index (χ4v) is 8.86. The van der Waals surface area contributed by atoms with Crippen LogP contribution in [0.4, 0.5) is 17.1 Å². The third kappa shape index (κ3) is 5.11. The van der Waals surface area contributed by atoms with Crippen molar-refractivity contribution in [2.24, 2.45) is 0 Å². The summed E-state index contributed by atoms with van der Waals surface area (Å²) in [5.74, 6) is 0. The van der Waals surface area contributed by atoms with Gasteiger partial charge in [-0.3, -0.25) is 0 Å². The van der Waals surface area contributed by atoms with E-state index in [-0.39, 0.29) is 0 Å². The van der Waals surface area contributed by atoms with Gasteiger partial charge in [-0.2, -0.15) is 0 Å². The van der Waals surface area contributed by atoms with E-state index in [0.717, 1.165) is 17.1 Å². The maximum Gasteiger partial charge on any atom is 0.0626 e. The largest absolute Gasteiger partial charge is 0.310 e. The minimum absolute atomic E-state index is 1.10. The van der Waals surface area contributed by atoms with Gasteiger partial charge in [-0.25, -0.2) is 0 Å². The van der Waals surface area contributed by atoms with Crippen molar-refractivity contribution >= 4 is 65.9 Å². The molecule has 0 fully saturated rings. The van der Waals surface area contributed by atoms with E-state index in [2.05, 4.69) is 228 Å². The first-order valence-electron chi connectivity index (χ1n) is 19.3. The molecule has 9 aromatic carbocycles. The number of para-hydroxylation sites is 2. The highest BCUT2D eigenvalue weighted by molar-refractivity contribution is 6.23. The van der Waals surface area contributed by atoms with Crippen molar-refractivity contribution < 1.29 is 0 Å². The van der Waals surface area contributed by atoms with Crippen LogP contribution in [0.3, 0.4) is 0 Å². The molecule has 0 unspecified atom stereocenters. The van der Waals surface area contributed by atoms with Gasteiger partial charge in [-0.1, -0.05) is 182 Å². The van der Waals surface area contributed by atoms with E-state index in [1.54, 1.807) is 0 Å². The topological polar surface area (TPSA) is 7.65 Å². The summed E-state index contributed by atoms with van der Waals surface area (Å²) in [5, 5.41) is 7.43. The fourth-order valence-electron chi connectivity index (χ4n) is 8.86. The lowest BCUT2D eigenvalue weighted by Crippen LogP contribution is -2.10. The molecule has 0 N–H and O–H groups in total. The van der Waals surface area contributed by atoms with E-state index in [1.165, 1.54) is 82.2 Å². The van der Waals surface area contributed by atoms with Crippen LogP contribution < -0.4 is 4.90 Å². The van der Waals surface area contributed by atoms with Crippen LogP contribution in [0.2, 0.25) is 0 Å². The average Bonchev–Trinajstić information content (AvgIpc) is 3.63. The lowest BCUT2D eigenvalue weighted by atomic mass is 9.96. The molecule has 0 amide bonds. The number of aromatic nitrogens is 1. The number of rotatable bonds is 6. The summed E-state index contributed by atoms with van der Waals surface area (Å²) in [4.78, 5) is 2.40. The molecule has 0 radical (unpaired) electrons. The van der Waals surface area contributed by atoms with Crippen molar-refractivity contribution in [1.82, 2.24) is 4.40 Å². The van der Waals surface area contributed by atoms with Gasteiger partial charge < -0.3 is 9.30 Å². The molecule has 11 aromatic rings. The highest BCUT2D eigenvalue weighted by Gasteiger charge is 2.22. The molecule has 56 heavy (non-hydrogen) atoms. The van der Waals surface area contributed by atoms with Crippen molar-refractivity contribution in [3.63, 3.8) is 0 Å². The van der Waals surface area contributed by atoms with Gasteiger partial charge in [0.15, 0.2) is 0 Å². The quantitative estimate of drug-likeness (QED) is 0.156. The molecule has 2 aromatic heterocycles. The van der Waals surface area contributed by atoms with E-state index in [9.17, 15) is 0 Å². The monoisotopic (exact) mass is 712 g/mol. The first-order valence-corrected chi connectivity index (χ1v) is 19.3. The summed E-state index contributed by atoms with van der Waals surface area (Å²) in [5.41, 5.74) is 14.3.